The van der Waals surface area contributed by atoms with Gasteiger partial charge in [0.15, 0.2) is 0 Å². The smallest absolute Gasteiger partial charge is 0.373 e. The number of hydrogen-bond donors (Lipinski definition) is 0. The first-order chi connectivity index (χ1) is 13.1. The van der Waals surface area contributed by atoms with E-state index in [9.17, 15) is 0 Å². The van der Waals surface area contributed by atoms with Crippen LogP contribution in [-0.2, 0) is 13.3 Å². The zero-order valence-electron chi connectivity index (χ0n) is 19.2. The van der Waals surface area contributed by atoms with Gasteiger partial charge < -0.3 is 13.3 Å². The van der Waals surface area contributed by atoms with Gasteiger partial charge >= 0.3 is 8.80 Å². The minimum Gasteiger partial charge on any atom is -0.373 e. The van der Waals surface area contributed by atoms with E-state index in [1.807, 2.05) is 0 Å². The highest BCUT2D eigenvalue weighted by molar-refractivity contribution is 8.28. The van der Waals surface area contributed by atoms with E-state index < -0.39 is 16.0 Å². The van der Waals surface area contributed by atoms with Gasteiger partial charge in [-0.1, -0.05) is 78.9 Å². The van der Waals surface area contributed by atoms with Crippen LogP contribution in [0.3, 0.4) is 0 Å². The Hall–Kier alpha value is 0.664. The predicted octanol–water partition coefficient (Wildman–Crippen LogP) is 7.50. The third-order valence-corrected chi connectivity index (χ3v) is 18.3. The maximum Gasteiger partial charge on any atom is 0.500 e. The van der Waals surface area contributed by atoms with Gasteiger partial charge in [0.25, 0.3) is 0 Å². The summed E-state index contributed by atoms with van der Waals surface area (Å²) in [7, 11) is -3.63. The second-order valence-corrected chi connectivity index (χ2v) is 18.9. The molecule has 0 aliphatic rings. The number of hydrogen-bond acceptors (Lipinski definition) is 4. The molecule has 0 spiro atoms. The summed E-state index contributed by atoms with van der Waals surface area (Å²) in [5, 5.41) is 0. The lowest BCUT2D eigenvalue weighted by molar-refractivity contribution is 0.0562. The first kappa shape index (κ1) is 27.7. The van der Waals surface area contributed by atoms with Gasteiger partial charge in [0.2, 0.25) is 0 Å². The zero-order valence-corrected chi connectivity index (χ0v) is 22.1. The summed E-state index contributed by atoms with van der Waals surface area (Å²) in [5.41, 5.74) is 0. The first-order valence-corrected chi connectivity index (χ1v) is 17.9. The van der Waals surface area contributed by atoms with Crippen LogP contribution in [0.2, 0.25) is 24.2 Å². The molecule has 0 aliphatic heterocycles. The molecule has 0 aromatic heterocycles. The maximum atomic E-state index is 6.37. The van der Waals surface area contributed by atoms with Crippen molar-refractivity contribution in [3.05, 3.63) is 0 Å². The zero-order chi connectivity index (χ0) is 20.4. The van der Waals surface area contributed by atoms with Crippen LogP contribution in [0.15, 0.2) is 0 Å². The molecule has 0 amide bonds. The fourth-order valence-electron chi connectivity index (χ4n) is 3.09. The molecule has 0 aliphatic carbocycles. The van der Waals surface area contributed by atoms with E-state index in [4.69, 9.17) is 13.3 Å². The summed E-state index contributed by atoms with van der Waals surface area (Å²) in [6.07, 6.45) is 7.90. The molecule has 0 radical (unpaired) electrons. The SMILES string of the molecule is CCCCO[Si](CCCS[Si](CC)(CC)CC)(OCCCC)OCCCC. The minimum absolute atomic E-state index is 0.783. The van der Waals surface area contributed by atoms with Crippen molar-refractivity contribution in [1.82, 2.24) is 0 Å². The van der Waals surface area contributed by atoms with Gasteiger partial charge in [-0.2, -0.15) is 11.2 Å². The Bertz CT molecular complexity index is 294. The van der Waals surface area contributed by atoms with E-state index in [0.717, 1.165) is 70.8 Å². The molecule has 0 aromatic carbocycles. The van der Waals surface area contributed by atoms with Crippen molar-refractivity contribution < 1.29 is 13.3 Å². The predicted molar refractivity (Wildman–Crippen MR) is 127 cm³/mol. The first-order valence-electron chi connectivity index (χ1n) is 11.6. The van der Waals surface area contributed by atoms with Gasteiger partial charge in [-0.05, 0) is 31.4 Å². The fraction of sp³-hybridized carbons (Fsp3) is 1.00. The van der Waals surface area contributed by atoms with Crippen molar-refractivity contribution in [2.45, 2.75) is 111 Å². The topological polar surface area (TPSA) is 27.7 Å². The van der Waals surface area contributed by atoms with E-state index in [-0.39, 0.29) is 0 Å². The molecule has 0 rings (SSSR count). The van der Waals surface area contributed by atoms with E-state index in [1.165, 1.54) is 23.9 Å². The van der Waals surface area contributed by atoms with Crippen molar-refractivity contribution >= 4 is 27.2 Å². The lowest BCUT2D eigenvalue weighted by atomic mass is 10.4. The summed E-state index contributed by atoms with van der Waals surface area (Å²) >= 11 is 2.29. The molecular formula is C21H48O3SSi2. The van der Waals surface area contributed by atoms with Crippen molar-refractivity contribution in [1.29, 1.82) is 0 Å². The summed E-state index contributed by atoms with van der Waals surface area (Å²) in [4.78, 5) is 0. The highest BCUT2D eigenvalue weighted by Crippen LogP contribution is 2.34. The second kappa shape index (κ2) is 17.5. The quantitative estimate of drug-likeness (QED) is 0.146. The molecule has 6 heteroatoms. The summed E-state index contributed by atoms with van der Waals surface area (Å²) in [6.45, 7) is 16.2. The monoisotopic (exact) mass is 436 g/mol. The molecule has 0 saturated heterocycles. The average molecular weight is 437 g/mol. The van der Waals surface area contributed by atoms with Crippen molar-refractivity contribution in [3.8, 4) is 0 Å². The molecule has 0 fully saturated rings. The Labute approximate surface area is 176 Å². The van der Waals surface area contributed by atoms with Crippen molar-refractivity contribution in [2.24, 2.45) is 0 Å². The molecule has 0 bridgehead atoms. The Morgan fingerprint density at radius 1 is 0.593 bits per heavy atom. The largest absolute Gasteiger partial charge is 0.500 e. The molecule has 3 nitrogen and oxygen atoms in total. The van der Waals surface area contributed by atoms with Crippen LogP contribution in [0.4, 0.5) is 0 Å². The van der Waals surface area contributed by atoms with Gasteiger partial charge in [-0.3, -0.25) is 0 Å². The summed E-state index contributed by atoms with van der Waals surface area (Å²) in [6, 6.07) is 5.15. The minimum atomic E-state index is -2.53. The van der Waals surface area contributed by atoms with Gasteiger partial charge in [-0.25, -0.2) is 0 Å². The highest BCUT2D eigenvalue weighted by atomic mass is 32.4. The molecular weight excluding hydrogens is 388 g/mol. The third kappa shape index (κ3) is 12.1. The molecule has 0 aromatic rings. The Balaban J connectivity index is 4.82. The second-order valence-electron chi connectivity index (χ2n) is 7.48. The van der Waals surface area contributed by atoms with E-state index in [0.29, 0.717) is 0 Å². The maximum absolute atomic E-state index is 6.37. The number of rotatable bonds is 20. The molecule has 0 saturated carbocycles. The Morgan fingerprint density at radius 2 is 1.00 bits per heavy atom. The van der Waals surface area contributed by atoms with Crippen LogP contribution >= 0.6 is 11.2 Å². The van der Waals surface area contributed by atoms with E-state index in [2.05, 4.69) is 52.8 Å². The van der Waals surface area contributed by atoms with Crippen LogP contribution in [0.25, 0.3) is 0 Å². The lowest BCUT2D eigenvalue weighted by Gasteiger charge is -2.31. The van der Waals surface area contributed by atoms with Gasteiger partial charge in [0.1, 0.15) is 7.22 Å². The van der Waals surface area contributed by atoms with Crippen LogP contribution in [0.1, 0.15) is 86.5 Å². The van der Waals surface area contributed by atoms with E-state index >= 15 is 0 Å². The van der Waals surface area contributed by atoms with Crippen LogP contribution in [-0.4, -0.2) is 41.6 Å². The van der Waals surface area contributed by atoms with Gasteiger partial charge in [0.05, 0.1) is 0 Å². The number of unbranched alkanes of at least 4 members (excludes halogenated alkanes) is 3. The molecule has 164 valence electrons. The molecule has 0 heterocycles. The summed E-state index contributed by atoms with van der Waals surface area (Å²) < 4.78 is 19.1. The summed E-state index contributed by atoms with van der Waals surface area (Å²) in [5.74, 6) is 1.24. The normalized spacial score (nSPS) is 12.7. The molecule has 0 unspecified atom stereocenters. The van der Waals surface area contributed by atoms with Gasteiger partial charge in [0, 0.05) is 25.9 Å². The van der Waals surface area contributed by atoms with Crippen molar-refractivity contribution in [3.63, 3.8) is 0 Å². The van der Waals surface area contributed by atoms with Crippen LogP contribution < -0.4 is 0 Å². The van der Waals surface area contributed by atoms with Crippen LogP contribution in [0.5, 0.6) is 0 Å². The molecule has 0 atom stereocenters. The van der Waals surface area contributed by atoms with Gasteiger partial charge in [-0.15, -0.1) is 0 Å². The Morgan fingerprint density at radius 3 is 1.33 bits per heavy atom. The Kier molecular flexibility index (Phi) is 17.9. The lowest BCUT2D eigenvalue weighted by Crippen LogP contribution is -2.46. The van der Waals surface area contributed by atoms with E-state index in [1.54, 1.807) is 0 Å². The highest BCUT2D eigenvalue weighted by Gasteiger charge is 2.40. The average Bonchev–Trinajstić information content (AvgIpc) is 2.69. The third-order valence-electron chi connectivity index (χ3n) is 5.43. The molecule has 0 N–H and O–H groups in total. The standard InChI is InChI=1S/C21H48O3SSi2/c1-7-13-17-22-27(23-18-14-8-2,24-19-15-9-3)21-16-20-25-26(10-4,11-5)12-6/h7-21H2,1-6H3. The fourth-order valence-corrected chi connectivity index (χ4v) is 12.4. The van der Waals surface area contributed by atoms with Crippen LogP contribution in [0, 0.1) is 0 Å². The van der Waals surface area contributed by atoms with Crippen molar-refractivity contribution in [2.75, 3.05) is 25.6 Å². The molecule has 27 heavy (non-hydrogen) atoms.